The van der Waals surface area contributed by atoms with Gasteiger partial charge in [-0.2, -0.15) is 8.78 Å². The lowest BCUT2D eigenvalue weighted by atomic mass is 9.94. The molecule has 1 fully saturated rings. The number of hydrogen-bond acceptors (Lipinski definition) is 3. The summed E-state index contributed by atoms with van der Waals surface area (Å²) in [6, 6.07) is 6.42. The normalized spacial score (nSPS) is 17.0. The van der Waals surface area contributed by atoms with Gasteiger partial charge in [0, 0.05) is 24.1 Å². The number of alkyl halides is 2. The molecule has 0 aliphatic heterocycles. The number of rotatable bonds is 6. The van der Waals surface area contributed by atoms with Crippen LogP contribution in [0, 0.1) is 0 Å². The van der Waals surface area contributed by atoms with E-state index in [1.165, 1.54) is 6.07 Å². The van der Waals surface area contributed by atoms with Crippen molar-refractivity contribution in [3.05, 3.63) is 29.8 Å². The summed E-state index contributed by atoms with van der Waals surface area (Å²) < 4.78 is 29.0. The molecule has 4 nitrogen and oxygen atoms in total. The molecule has 21 heavy (non-hydrogen) atoms. The van der Waals surface area contributed by atoms with Crippen LogP contribution in [0.1, 0.15) is 37.7 Å². The fraction of sp³-hybridized carbons (Fsp3) is 0.533. The standard InChI is InChI=1S/C15H20F2N2O2/c16-14(17)21-12-6-2-1-5-11(12)10-19-13(20)9-15(18)7-3-4-8-15/h1-2,5-6,14H,3-4,7-10,18H2,(H,19,20). The minimum Gasteiger partial charge on any atom is -0.434 e. The summed E-state index contributed by atoms with van der Waals surface area (Å²) in [4.78, 5) is 11.9. The van der Waals surface area contributed by atoms with E-state index in [0.717, 1.165) is 25.7 Å². The quantitative estimate of drug-likeness (QED) is 0.848. The SMILES string of the molecule is NC1(CC(=O)NCc2ccccc2OC(F)F)CCCC1. The minimum absolute atomic E-state index is 0.0797. The first-order valence-electron chi connectivity index (χ1n) is 7.07. The number of para-hydroxylation sites is 1. The predicted octanol–water partition coefficient (Wildman–Crippen LogP) is 2.57. The van der Waals surface area contributed by atoms with Crippen molar-refractivity contribution in [1.29, 1.82) is 0 Å². The number of benzene rings is 1. The van der Waals surface area contributed by atoms with E-state index in [0.29, 0.717) is 5.56 Å². The molecular formula is C15H20F2N2O2. The van der Waals surface area contributed by atoms with Gasteiger partial charge in [0.15, 0.2) is 0 Å². The molecule has 0 bridgehead atoms. The third-order valence-electron chi connectivity index (χ3n) is 3.78. The lowest BCUT2D eigenvalue weighted by Crippen LogP contribution is -2.42. The van der Waals surface area contributed by atoms with Crippen molar-refractivity contribution in [3.8, 4) is 5.75 Å². The fourth-order valence-corrected chi connectivity index (χ4v) is 2.69. The van der Waals surface area contributed by atoms with E-state index in [9.17, 15) is 13.6 Å². The van der Waals surface area contributed by atoms with Crippen molar-refractivity contribution < 1.29 is 18.3 Å². The molecule has 6 heteroatoms. The molecule has 1 aromatic carbocycles. The second-order valence-corrected chi connectivity index (χ2v) is 5.51. The number of carbonyl (C=O) groups excluding carboxylic acids is 1. The molecule has 1 amide bonds. The molecule has 1 aromatic rings. The first-order valence-corrected chi connectivity index (χ1v) is 7.07. The first-order chi connectivity index (χ1) is 9.98. The number of hydrogen-bond donors (Lipinski definition) is 2. The Balaban J connectivity index is 1.89. The van der Waals surface area contributed by atoms with Crippen molar-refractivity contribution >= 4 is 5.91 Å². The molecule has 3 N–H and O–H groups in total. The van der Waals surface area contributed by atoms with Crippen LogP contribution in [-0.2, 0) is 11.3 Å². The average Bonchev–Trinajstić information content (AvgIpc) is 2.83. The highest BCUT2D eigenvalue weighted by Gasteiger charge is 2.31. The maximum absolute atomic E-state index is 12.3. The van der Waals surface area contributed by atoms with E-state index in [4.69, 9.17) is 5.73 Å². The van der Waals surface area contributed by atoms with Crippen LogP contribution in [0.3, 0.4) is 0 Å². The average molecular weight is 298 g/mol. The summed E-state index contributed by atoms with van der Waals surface area (Å²) in [5.41, 5.74) is 6.24. The molecule has 0 unspecified atom stereocenters. The van der Waals surface area contributed by atoms with Crippen LogP contribution >= 0.6 is 0 Å². The van der Waals surface area contributed by atoms with Crippen molar-refractivity contribution in [2.24, 2.45) is 5.73 Å². The maximum atomic E-state index is 12.3. The molecule has 0 heterocycles. The van der Waals surface area contributed by atoms with E-state index in [1.54, 1.807) is 18.2 Å². The second kappa shape index (κ2) is 6.85. The van der Waals surface area contributed by atoms with Crippen LogP contribution < -0.4 is 15.8 Å². The van der Waals surface area contributed by atoms with Gasteiger partial charge in [-0.1, -0.05) is 31.0 Å². The Morgan fingerprint density at radius 3 is 2.67 bits per heavy atom. The van der Waals surface area contributed by atoms with E-state index in [1.807, 2.05) is 0 Å². The zero-order chi connectivity index (χ0) is 15.3. The largest absolute Gasteiger partial charge is 0.434 e. The Morgan fingerprint density at radius 2 is 2.00 bits per heavy atom. The van der Waals surface area contributed by atoms with Gasteiger partial charge in [0.25, 0.3) is 0 Å². The number of nitrogens with two attached hydrogens (primary N) is 1. The Hall–Kier alpha value is -1.69. The molecule has 0 radical (unpaired) electrons. The zero-order valence-corrected chi connectivity index (χ0v) is 11.8. The van der Waals surface area contributed by atoms with Crippen LogP contribution in [0.25, 0.3) is 0 Å². The number of amides is 1. The Labute approximate surface area is 122 Å². The van der Waals surface area contributed by atoms with Crippen molar-refractivity contribution in [1.82, 2.24) is 5.32 Å². The summed E-state index contributed by atoms with van der Waals surface area (Å²) in [7, 11) is 0. The molecule has 1 aliphatic rings. The fourth-order valence-electron chi connectivity index (χ4n) is 2.69. The molecule has 2 rings (SSSR count). The molecule has 116 valence electrons. The molecule has 0 aromatic heterocycles. The van der Waals surface area contributed by atoms with Crippen molar-refractivity contribution in [2.75, 3.05) is 0 Å². The predicted molar refractivity (Wildman–Crippen MR) is 74.9 cm³/mol. The third-order valence-corrected chi connectivity index (χ3v) is 3.78. The van der Waals surface area contributed by atoms with Gasteiger partial charge in [0.2, 0.25) is 5.91 Å². The van der Waals surface area contributed by atoms with Gasteiger partial charge in [0.05, 0.1) is 0 Å². The van der Waals surface area contributed by atoms with Gasteiger partial charge in [-0.15, -0.1) is 0 Å². The van der Waals surface area contributed by atoms with Crippen LogP contribution in [-0.4, -0.2) is 18.1 Å². The van der Waals surface area contributed by atoms with Gasteiger partial charge in [0.1, 0.15) is 5.75 Å². The van der Waals surface area contributed by atoms with Gasteiger partial charge >= 0.3 is 6.61 Å². The summed E-state index contributed by atoms with van der Waals surface area (Å²) in [5.74, 6) is -0.0811. The lowest BCUT2D eigenvalue weighted by molar-refractivity contribution is -0.122. The highest BCUT2D eigenvalue weighted by molar-refractivity contribution is 5.77. The summed E-state index contributed by atoms with van der Waals surface area (Å²) in [6.45, 7) is -2.73. The number of nitrogens with one attached hydrogen (secondary N) is 1. The van der Waals surface area contributed by atoms with Crippen molar-refractivity contribution in [3.63, 3.8) is 0 Å². The van der Waals surface area contributed by atoms with Gasteiger partial charge in [-0.25, -0.2) is 0 Å². The van der Waals surface area contributed by atoms with Gasteiger partial charge < -0.3 is 15.8 Å². The topological polar surface area (TPSA) is 64.4 Å². The van der Waals surface area contributed by atoms with Crippen LogP contribution in [0.15, 0.2) is 24.3 Å². The minimum atomic E-state index is -2.88. The van der Waals surface area contributed by atoms with E-state index >= 15 is 0 Å². The molecule has 1 saturated carbocycles. The smallest absolute Gasteiger partial charge is 0.387 e. The summed E-state index contributed by atoms with van der Waals surface area (Å²) >= 11 is 0. The third kappa shape index (κ3) is 4.67. The summed E-state index contributed by atoms with van der Waals surface area (Å²) in [6.07, 6.45) is 4.07. The Morgan fingerprint density at radius 1 is 1.33 bits per heavy atom. The molecule has 1 aliphatic carbocycles. The Kier molecular flexibility index (Phi) is 5.12. The highest BCUT2D eigenvalue weighted by Crippen LogP contribution is 2.30. The summed E-state index contributed by atoms with van der Waals surface area (Å²) in [5, 5.41) is 2.72. The van der Waals surface area contributed by atoms with Gasteiger partial charge in [-0.05, 0) is 18.9 Å². The number of carbonyl (C=O) groups is 1. The van der Waals surface area contributed by atoms with Crippen LogP contribution in [0.2, 0.25) is 0 Å². The molecule has 0 spiro atoms. The molecular weight excluding hydrogens is 278 g/mol. The highest BCUT2D eigenvalue weighted by atomic mass is 19.3. The van der Waals surface area contributed by atoms with Crippen LogP contribution in [0.5, 0.6) is 5.75 Å². The zero-order valence-electron chi connectivity index (χ0n) is 11.8. The van der Waals surface area contributed by atoms with Gasteiger partial charge in [-0.3, -0.25) is 4.79 Å². The Bertz CT molecular complexity index is 488. The number of ether oxygens (including phenoxy) is 1. The first kappa shape index (κ1) is 15.7. The second-order valence-electron chi connectivity index (χ2n) is 5.51. The number of halogens is 2. The monoisotopic (exact) mass is 298 g/mol. The maximum Gasteiger partial charge on any atom is 0.387 e. The van der Waals surface area contributed by atoms with E-state index in [2.05, 4.69) is 10.1 Å². The van der Waals surface area contributed by atoms with E-state index < -0.39 is 12.2 Å². The molecule has 0 atom stereocenters. The molecule has 0 saturated heterocycles. The lowest BCUT2D eigenvalue weighted by Gasteiger charge is -2.22. The van der Waals surface area contributed by atoms with E-state index in [-0.39, 0.29) is 24.6 Å². The van der Waals surface area contributed by atoms with Crippen LogP contribution in [0.4, 0.5) is 8.78 Å². The van der Waals surface area contributed by atoms with Crippen molar-refractivity contribution in [2.45, 2.75) is 50.8 Å².